The highest BCUT2D eigenvalue weighted by atomic mass is 32.1. The second-order valence-electron chi connectivity index (χ2n) is 9.52. The number of amides is 1. The molecule has 1 aromatic carbocycles. The van der Waals surface area contributed by atoms with Gasteiger partial charge in [0, 0.05) is 28.8 Å². The summed E-state index contributed by atoms with van der Waals surface area (Å²) >= 11 is 1.55. The first kappa shape index (κ1) is 21.2. The number of guanidine groups is 1. The van der Waals surface area contributed by atoms with Crippen molar-refractivity contribution in [2.45, 2.75) is 63.6 Å². The van der Waals surface area contributed by atoms with E-state index in [0.717, 1.165) is 48.1 Å². The highest BCUT2D eigenvalue weighted by Gasteiger charge is 2.66. The molecule has 6 nitrogen and oxygen atoms in total. The molecular formula is C25H28N4O2S. The molecule has 1 amide bonds. The van der Waals surface area contributed by atoms with E-state index in [1.807, 2.05) is 25.3 Å². The van der Waals surface area contributed by atoms with Gasteiger partial charge in [-0.25, -0.2) is 4.99 Å². The Morgan fingerprint density at radius 2 is 2.06 bits per heavy atom. The zero-order valence-electron chi connectivity index (χ0n) is 18.7. The third-order valence-electron chi connectivity index (χ3n) is 7.61. The molecule has 0 bridgehead atoms. The van der Waals surface area contributed by atoms with E-state index in [2.05, 4.69) is 24.3 Å². The number of benzene rings is 1. The molecule has 1 aliphatic heterocycles. The lowest BCUT2D eigenvalue weighted by Crippen LogP contribution is -2.53. The summed E-state index contributed by atoms with van der Waals surface area (Å²) in [5, 5.41) is 11.1. The number of thiophene rings is 1. The largest absolute Gasteiger partial charge is 0.381 e. The summed E-state index contributed by atoms with van der Waals surface area (Å²) in [4.78, 5) is 21.8. The standard InChI is InChI=1S/C25H28N4O2S/c1-15(2)29-22(30)25(28-23(29)27)20-11-17(21-10-16(13-26)14-32-21)4-5-18(20)12-24(25)8-6-19(31-3)7-9-24/h4-5,10-11,14-15,19H,6-9,12H2,1-3H3,(H2,27,28)/t19-,24-,25?. The van der Waals surface area contributed by atoms with Crippen molar-refractivity contribution in [3.8, 4) is 16.5 Å². The monoisotopic (exact) mass is 448 g/mol. The number of hydrogen-bond donors (Lipinski definition) is 1. The number of carbonyl (C=O) groups excluding carboxylic acids is 1. The SMILES string of the molecule is CO[C@H]1CC[C@]2(CC1)Cc1ccc(-c3cc(C#N)cs3)cc1C21N=C(N)N(C(C)C)C1=O. The lowest BCUT2D eigenvalue weighted by molar-refractivity contribution is -0.139. The van der Waals surface area contributed by atoms with Crippen LogP contribution in [0.3, 0.4) is 0 Å². The van der Waals surface area contributed by atoms with E-state index in [4.69, 9.17) is 15.5 Å². The Hall–Kier alpha value is -2.69. The Morgan fingerprint density at radius 1 is 1.31 bits per heavy atom. The van der Waals surface area contributed by atoms with Gasteiger partial charge in [-0.15, -0.1) is 11.3 Å². The van der Waals surface area contributed by atoms with Crippen LogP contribution in [0.15, 0.2) is 34.6 Å². The van der Waals surface area contributed by atoms with Crippen LogP contribution in [0, 0.1) is 16.7 Å². The zero-order valence-corrected chi connectivity index (χ0v) is 19.5. The van der Waals surface area contributed by atoms with Gasteiger partial charge in [-0.3, -0.25) is 9.69 Å². The van der Waals surface area contributed by atoms with Gasteiger partial charge in [0.15, 0.2) is 11.5 Å². The van der Waals surface area contributed by atoms with Gasteiger partial charge in [0.2, 0.25) is 0 Å². The molecule has 2 N–H and O–H groups in total. The van der Waals surface area contributed by atoms with Crippen molar-refractivity contribution in [1.82, 2.24) is 4.90 Å². The molecule has 0 saturated heterocycles. The van der Waals surface area contributed by atoms with Crippen LogP contribution < -0.4 is 5.73 Å². The van der Waals surface area contributed by atoms with Crippen molar-refractivity contribution >= 4 is 23.2 Å². The van der Waals surface area contributed by atoms with Crippen LogP contribution in [0.2, 0.25) is 0 Å². The van der Waals surface area contributed by atoms with Crippen molar-refractivity contribution in [2.75, 3.05) is 7.11 Å². The molecule has 3 aliphatic rings. The minimum Gasteiger partial charge on any atom is -0.381 e. The maximum Gasteiger partial charge on any atom is 0.262 e. The van der Waals surface area contributed by atoms with E-state index < -0.39 is 5.54 Å². The minimum atomic E-state index is -0.985. The van der Waals surface area contributed by atoms with E-state index in [1.54, 1.807) is 23.3 Å². The first-order chi connectivity index (χ1) is 15.3. The molecule has 32 heavy (non-hydrogen) atoms. The summed E-state index contributed by atoms with van der Waals surface area (Å²) in [6, 6.07) is 10.4. The van der Waals surface area contributed by atoms with E-state index >= 15 is 0 Å². The summed E-state index contributed by atoms with van der Waals surface area (Å²) < 4.78 is 5.64. The molecule has 1 fully saturated rings. The van der Waals surface area contributed by atoms with Crippen LogP contribution in [-0.4, -0.2) is 36.0 Å². The summed E-state index contributed by atoms with van der Waals surface area (Å²) in [5.74, 6) is 0.319. The Bertz CT molecular complexity index is 1150. The van der Waals surface area contributed by atoms with E-state index in [9.17, 15) is 10.1 Å². The molecule has 1 unspecified atom stereocenters. The van der Waals surface area contributed by atoms with Gasteiger partial charge in [0.05, 0.1) is 11.7 Å². The van der Waals surface area contributed by atoms with Crippen molar-refractivity contribution in [2.24, 2.45) is 16.1 Å². The maximum atomic E-state index is 14.1. The van der Waals surface area contributed by atoms with Gasteiger partial charge in [-0.05, 0) is 74.8 Å². The fourth-order valence-corrected chi connectivity index (χ4v) is 6.87. The Kier molecular flexibility index (Phi) is 4.92. The third kappa shape index (κ3) is 2.79. The van der Waals surface area contributed by atoms with Crippen molar-refractivity contribution < 1.29 is 9.53 Å². The van der Waals surface area contributed by atoms with E-state index in [1.165, 1.54) is 5.56 Å². The molecule has 1 atom stereocenters. The number of methoxy groups -OCH3 is 1. The number of carbonyl (C=O) groups is 1. The van der Waals surface area contributed by atoms with Crippen LogP contribution >= 0.6 is 11.3 Å². The van der Waals surface area contributed by atoms with Crippen molar-refractivity contribution in [1.29, 1.82) is 5.26 Å². The molecule has 7 heteroatoms. The predicted molar refractivity (Wildman–Crippen MR) is 125 cm³/mol. The molecule has 1 aromatic heterocycles. The van der Waals surface area contributed by atoms with Crippen LogP contribution in [0.25, 0.3) is 10.4 Å². The highest BCUT2D eigenvalue weighted by Crippen LogP contribution is 2.62. The van der Waals surface area contributed by atoms with Gasteiger partial charge in [0.1, 0.15) is 6.07 Å². The zero-order chi connectivity index (χ0) is 22.7. The molecule has 166 valence electrons. The topological polar surface area (TPSA) is 91.7 Å². The van der Waals surface area contributed by atoms with Crippen molar-refractivity contribution in [3.05, 3.63) is 46.3 Å². The first-order valence-electron chi connectivity index (χ1n) is 11.2. The lowest BCUT2D eigenvalue weighted by Gasteiger charge is -2.45. The second kappa shape index (κ2) is 7.43. The molecule has 2 aromatic rings. The predicted octanol–water partition coefficient (Wildman–Crippen LogP) is 4.18. The fraction of sp³-hybridized carbons (Fsp3) is 0.480. The number of nitrogens with zero attached hydrogens (tertiary/aromatic N) is 3. The van der Waals surface area contributed by atoms with Gasteiger partial charge in [0.25, 0.3) is 5.91 Å². The number of rotatable bonds is 3. The number of nitrogens with two attached hydrogens (primary N) is 1. The summed E-state index contributed by atoms with van der Waals surface area (Å²) in [7, 11) is 1.77. The van der Waals surface area contributed by atoms with Crippen LogP contribution in [-0.2, 0) is 21.5 Å². The quantitative estimate of drug-likeness (QED) is 0.762. The molecule has 1 saturated carbocycles. The lowest BCUT2D eigenvalue weighted by atomic mass is 9.61. The number of nitriles is 1. The Labute approximate surface area is 192 Å². The van der Waals surface area contributed by atoms with E-state index in [-0.39, 0.29) is 23.5 Å². The molecule has 5 rings (SSSR count). The Morgan fingerprint density at radius 3 is 2.66 bits per heavy atom. The van der Waals surface area contributed by atoms with Gasteiger partial charge in [-0.1, -0.05) is 12.1 Å². The molecule has 2 spiro atoms. The van der Waals surface area contributed by atoms with Gasteiger partial charge < -0.3 is 10.5 Å². The second-order valence-corrected chi connectivity index (χ2v) is 10.4. The highest BCUT2D eigenvalue weighted by molar-refractivity contribution is 7.13. The molecular weight excluding hydrogens is 420 g/mol. The number of fused-ring (bicyclic) bond motifs is 3. The Balaban J connectivity index is 1.67. The fourth-order valence-electron chi connectivity index (χ4n) is 6.04. The number of aliphatic imine (C=N–C) groups is 1. The average Bonchev–Trinajstić information content (AvgIpc) is 3.43. The smallest absolute Gasteiger partial charge is 0.262 e. The molecule has 2 aliphatic carbocycles. The minimum absolute atomic E-state index is 0.000611. The first-order valence-corrected chi connectivity index (χ1v) is 12.1. The van der Waals surface area contributed by atoms with Crippen molar-refractivity contribution in [3.63, 3.8) is 0 Å². The summed E-state index contributed by atoms with van der Waals surface area (Å²) in [5.41, 5.74) is 8.94. The van der Waals surface area contributed by atoms with Crippen LogP contribution in [0.4, 0.5) is 0 Å². The third-order valence-corrected chi connectivity index (χ3v) is 8.59. The molecule has 2 heterocycles. The normalized spacial score (nSPS) is 29.1. The summed E-state index contributed by atoms with van der Waals surface area (Å²) in [6.07, 6.45) is 4.64. The van der Waals surface area contributed by atoms with Gasteiger partial charge in [-0.2, -0.15) is 5.26 Å². The number of hydrogen-bond acceptors (Lipinski definition) is 6. The van der Waals surface area contributed by atoms with E-state index in [0.29, 0.717) is 11.5 Å². The maximum absolute atomic E-state index is 14.1. The number of ether oxygens (including phenoxy) is 1. The summed E-state index contributed by atoms with van der Waals surface area (Å²) in [6.45, 7) is 3.96. The van der Waals surface area contributed by atoms with Gasteiger partial charge >= 0.3 is 0 Å². The van der Waals surface area contributed by atoms with Crippen LogP contribution in [0.5, 0.6) is 0 Å². The molecule has 0 radical (unpaired) electrons. The average molecular weight is 449 g/mol. The van der Waals surface area contributed by atoms with Crippen LogP contribution in [0.1, 0.15) is 56.2 Å².